The van der Waals surface area contributed by atoms with E-state index >= 15 is 0 Å². The molecule has 1 aliphatic carbocycles. The second kappa shape index (κ2) is 18.9. The van der Waals surface area contributed by atoms with E-state index in [0.29, 0.717) is 5.88 Å². The highest BCUT2D eigenvalue weighted by atomic mass is 32.2. The number of esters is 1. The fourth-order valence-electron chi connectivity index (χ4n) is 3.79. The lowest BCUT2D eigenvalue weighted by Crippen LogP contribution is -2.37. The molecule has 0 unspecified atom stereocenters. The molecule has 4 rings (SSSR count). The van der Waals surface area contributed by atoms with Gasteiger partial charge in [-0.25, -0.2) is 23.1 Å². The van der Waals surface area contributed by atoms with Gasteiger partial charge < -0.3 is 9.47 Å². The number of hydrogen-bond donors (Lipinski definition) is 1. The van der Waals surface area contributed by atoms with E-state index in [-0.39, 0.29) is 38.9 Å². The van der Waals surface area contributed by atoms with Gasteiger partial charge in [0.2, 0.25) is 15.9 Å². The molecular weight excluding hydrogens is 615 g/mol. The second-order valence-corrected chi connectivity index (χ2v) is 13.4. The van der Waals surface area contributed by atoms with Crippen molar-refractivity contribution in [2.45, 2.75) is 107 Å². The van der Waals surface area contributed by atoms with Crippen molar-refractivity contribution in [1.29, 1.82) is 0 Å². The fourth-order valence-corrected chi connectivity index (χ4v) is 5.72. The summed E-state index contributed by atoms with van der Waals surface area (Å²) in [5, 5.41) is 2.03. The van der Waals surface area contributed by atoms with E-state index in [1.54, 1.807) is 11.3 Å². The number of carbonyl (C=O) groups excluding carboxylic acids is 1. The Labute approximate surface area is 264 Å². The van der Waals surface area contributed by atoms with Crippen molar-refractivity contribution < 1.29 is 35.9 Å². The Morgan fingerprint density at radius 2 is 1.55 bits per heavy atom. The molecule has 1 N–H and O–H groups in total. The van der Waals surface area contributed by atoms with E-state index < -0.39 is 28.0 Å². The molecule has 0 bridgehead atoms. The lowest BCUT2D eigenvalue weighted by molar-refractivity contribution is -0.152. The van der Waals surface area contributed by atoms with Crippen LogP contribution >= 0.6 is 11.3 Å². The molecule has 2 aromatic heterocycles. The van der Waals surface area contributed by atoms with Crippen LogP contribution in [0.15, 0.2) is 41.8 Å². The predicted molar refractivity (Wildman–Crippen MR) is 173 cm³/mol. The van der Waals surface area contributed by atoms with Gasteiger partial charge in [0, 0.05) is 6.04 Å². The van der Waals surface area contributed by atoms with Crippen LogP contribution in [-0.4, -0.2) is 54.5 Å². The first kappa shape index (κ1) is 41.2. The first-order valence-corrected chi connectivity index (χ1v) is 16.3. The molecule has 1 aliphatic rings. The normalized spacial score (nSPS) is 13.4. The Morgan fingerprint density at radius 3 is 2.00 bits per heavy atom. The Morgan fingerprint density at radius 1 is 0.977 bits per heavy atom. The smallest absolute Gasteiger partial charge is 0.404 e. The van der Waals surface area contributed by atoms with Gasteiger partial charge in [0.1, 0.15) is 11.8 Å². The van der Waals surface area contributed by atoms with Crippen LogP contribution < -0.4 is 9.46 Å². The zero-order valence-corrected chi connectivity index (χ0v) is 26.4. The molecule has 44 heavy (non-hydrogen) atoms. The van der Waals surface area contributed by atoms with E-state index in [2.05, 4.69) is 4.98 Å². The third kappa shape index (κ3) is 15.3. The molecule has 8 nitrogen and oxygen atoms in total. The molecule has 1 aromatic carbocycles. The van der Waals surface area contributed by atoms with Crippen molar-refractivity contribution in [2.75, 3.05) is 5.75 Å². The number of rotatable bonds is 8. The Kier molecular flexibility index (Phi) is 17.7. The molecule has 0 amide bonds. The number of nitrogens with one attached hydrogen (secondary N) is 1. The van der Waals surface area contributed by atoms with Gasteiger partial charge in [-0.2, -0.15) is 13.2 Å². The summed E-state index contributed by atoms with van der Waals surface area (Å²) in [5.41, 5.74) is 2.57. The zero-order chi connectivity index (χ0) is 31.5. The SMILES string of the molecule is C.C.CC(C)C(=O)OC1CCCC1.CC(C)NS(=O)(=O)CC(F)(F)F.CC(C)Oc1nc2ccccc2nc1-c1cccs1. The summed E-state index contributed by atoms with van der Waals surface area (Å²) in [5.74, 6) is -1.23. The average molecular weight is 664 g/mol. The number of ether oxygens (including phenoxy) is 2. The van der Waals surface area contributed by atoms with E-state index in [1.165, 1.54) is 26.7 Å². The summed E-state index contributed by atoms with van der Waals surface area (Å²) in [6.07, 6.45) is 0.197. The van der Waals surface area contributed by atoms with Crippen LogP contribution in [0.5, 0.6) is 5.88 Å². The standard InChI is InChI=1S/C15H14N2OS.C9H16O2.C5H10F3NO2S.2CH4/c1-10(2)18-15-14(13-8-5-9-19-13)16-11-6-3-4-7-12(11)17-15;1-7(2)9(10)11-8-5-3-4-6-8;1-4(2)9-12(10,11)3-5(6,7)8;;/h3-10H,1-2H3;7-8H,3-6H2,1-2H3;4,9H,3H2,1-2H3;2*1H4. The number of thiophene rings is 1. The number of nitrogens with zero attached hydrogens (tertiary/aromatic N) is 2. The Bertz CT molecular complexity index is 1360. The molecule has 0 atom stereocenters. The van der Waals surface area contributed by atoms with E-state index in [1.807, 2.05) is 74.2 Å². The van der Waals surface area contributed by atoms with Gasteiger partial charge in [-0.05, 0) is 77.0 Å². The van der Waals surface area contributed by atoms with Crippen LogP contribution in [0.4, 0.5) is 13.2 Å². The summed E-state index contributed by atoms with van der Waals surface area (Å²) >= 11 is 1.64. The topological polar surface area (TPSA) is 107 Å². The number of fused-ring (bicyclic) bond motifs is 1. The molecule has 1 saturated carbocycles. The Hall–Kier alpha value is -2.77. The number of alkyl halides is 3. The monoisotopic (exact) mass is 663 g/mol. The average Bonchev–Trinajstić information content (AvgIpc) is 3.56. The molecule has 3 aromatic rings. The maximum Gasteiger partial charge on any atom is 0.404 e. The van der Waals surface area contributed by atoms with Gasteiger partial charge in [-0.15, -0.1) is 11.3 Å². The van der Waals surface area contributed by atoms with E-state index in [0.717, 1.165) is 34.4 Å². The largest absolute Gasteiger partial charge is 0.473 e. The van der Waals surface area contributed by atoms with Crippen LogP contribution in [0.3, 0.4) is 0 Å². The van der Waals surface area contributed by atoms with Gasteiger partial charge in [-0.1, -0.05) is 46.9 Å². The summed E-state index contributed by atoms with van der Waals surface area (Å²) in [4.78, 5) is 21.4. The van der Waals surface area contributed by atoms with E-state index in [9.17, 15) is 26.4 Å². The van der Waals surface area contributed by atoms with Crippen molar-refractivity contribution in [1.82, 2.24) is 14.7 Å². The van der Waals surface area contributed by atoms with Gasteiger partial charge in [0.05, 0.1) is 27.9 Å². The minimum atomic E-state index is -4.68. The highest BCUT2D eigenvalue weighted by Gasteiger charge is 2.35. The molecule has 0 spiro atoms. The van der Waals surface area contributed by atoms with Crippen molar-refractivity contribution in [3.63, 3.8) is 0 Å². The van der Waals surface area contributed by atoms with Gasteiger partial charge >= 0.3 is 12.1 Å². The summed E-state index contributed by atoms with van der Waals surface area (Å²) < 4.78 is 68.9. The van der Waals surface area contributed by atoms with Crippen molar-refractivity contribution in [3.05, 3.63) is 41.8 Å². The molecular formula is C31H48F3N3O5S2. The number of carbonyl (C=O) groups is 1. The molecule has 1 fully saturated rings. The van der Waals surface area contributed by atoms with Gasteiger partial charge in [0.15, 0.2) is 5.75 Å². The fraction of sp³-hybridized carbons (Fsp3) is 0.581. The molecule has 13 heteroatoms. The minimum Gasteiger partial charge on any atom is -0.473 e. The van der Waals surface area contributed by atoms with Crippen LogP contribution in [0.25, 0.3) is 21.6 Å². The number of hydrogen-bond acceptors (Lipinski definition) is 8. The van der Waals surface area contributed by atoms with Gasteiger partial charge in [-0.3, -0.25) is 4.79 Å². The van der Waals surface area contributed by atoms with Crippen molar-refractivity contribution in [3.8, 4) is 16.5 Å². The highest BCUT2D eigenvalue weighted by molar-refractivity contribution is 7.89. The number of sulfonamides is 1. The third-order valence-corrected chi connectivity index (χ3v) is 7.88. The lowest BCUT2D eigenvalue weighted by atomic mass is 10.2. The molecule has 0 saturated heterocycles. The molecule has 250 valence electrons. The molecule has 0 aliphatic heterocycles. The summed E-state index contributed by atoms with van der Waals surface area (Å²) in [6.45, 7) is 10.6. The molecule has 0 radical (unpaired) electrons. The van der Waals surface area contributed by atoms with Crippen LogP contribution in [-0.2, 0) is 19.6 Å². The number of aromatic nitrogens is 2. The lowest BCUT2D eigenvalue weighted by Gasteiger charge is -2.12. The predicted octanol–water partition coefficient (Wildman–Crippen LogP) is 8.42. The van der Waals surface area contributed by atoms with Crippen molar-refractivity contribution >= 4 is 38.4 Å². The summed E-state index contributed by atoms with van der Waals surface area (Å²) in [6, 6.07) is 11.4. The second-order valence-electron chi connectivity index (χ2n) is 10.7. The maximum absolute atomic E-state index is 11.6. The first-order chi connectivity index (χ1) is 19.6. The zero-order valence-electron chi connectivity index (χ0n) is 24.8. The van der Waals surface area contributed by atoms with Crippen molar-refractivity contribution in [2.24, 2.45) is 5.92 Å². The minimum absolute atomic E-state index is 0. The number of benzene rings is 1. The number of halogens is 3. The Balaban J connectivity index is 0.000000652. The third-order valence-electron chi connectivity index (χ3n) is 5.47. The van der Waals surface area contributed by atoms with Gasteiger partial charge in [0.25, 0.3) is 0 Å². The number of para-hydroxylation sites is 2. The van der Waals surface area contributed by atoms with E-state index in [4.69, 9.17) is 14.5 Å². The quantitative estimate of drug-likeness (QED) is 0.241. The maximum atomic E-state index is 11.6. The summed E-state index contributed by atoms with van der Waals surface area (Å²) in [7, 11) is -4.21. The van der Waals surface area contributed by atoms with Crippen LogP contribution in [0.1, 0.15) is 82.1 Å². The van der Waals surface area contributed by atoms with Crippen LogP contribution in [0, 0.1) is 5.92 Å². The first-order valence-electron chi connectivity index (χ1n) is 13.8. The highest BCUT2D eigenvalue weighted by Crippen LogP contribution is 2.32. The van der Waals surface area contributed by atoms with Crippen LogP contribution in [0.2, 0.25) is 0 Å². The molecule has 2 heterocycles.